The van der Waals surface area contributed by atoms with Crippen LogP contribution in [0.2, 0.25) is 5.02 Å². The van der Waals surface area contributed by atoms with Gasteiger partial charge in [-0.1, -0.05) is 32.4 Å². The molecule has 0 saturated carbocycles. The van der Waals surface area contributed by atoms with Gasteiger partial charge in [-0.05, 0) is 12.1 Å². The SMILES string of the molecule is CC(C)(C)C(=O)Nc1cc(C#N)c(Cl)cc1CO. The first kappa shape index (κ1) is 14.5. The van der Waals surface area contributed by atoms with Gasteiger partial charge in [0.1, 0.15) is 6.07 Å². The maximum Gasteiger partial charge on any atom is 0.229 e. The molecule has 0 aromatic heterocycles. The van der Waals surface area contributed by atoms with Gasteiger partial charge >= 0.3 is 0 Å². The van der Waals surface area contributed by atoms with E-state index >= 15 is 0 Å². The van der Waals surface area contributed by atoms with Gasteiger partial charge < -0.3 is 10.4 Å². The Hall–Kier alpha value is -1.57. The average Bonchev–Trinajstić information content (AvgIpc) is 2.29. The van der Waals surface area contributed by atoms with Gasteiger partial charge in [-0.25, -0.2) is 0 Å². The molecule has 0 atom stereocenters. The summed E-state index contributed by atoms with van der Waals surface area (Å²) in [5, 5.41) is 21.1. The van der Waals surface area contributed by atoms with E-state index in [0.717, 1.165) is 0 Å². The Balaban J connectivity index is 3.16. The molecule has 4 nitrogen and oxygen atoms in total. The molecule has 18 heavy (non-hydrogen) atoms. The third-order valence-corrected chi connectivity index (χ3v) is 2.73. The summed E-state index contributed by atoms with van der Waals surface area (Å²) in [5.74, 6) is -0.191. The number of nitriles is 1. The van der Waals surface area contributed by atoms with Crippen molar-refractivity contribution in [1.82, 2.24) is 0 Å². The van der Waals surface area contributed by atoms with Crippen molar-refractivity contribution >= 4 is 23.2 Å². The fourth-order valence-electron chi connectivity index (χ4n) is 1.26. The average molecular weight is 267 g/mol. The fourth-order valence-corrected chi connectivity index (χ4v) is 1.49. The van der Waals surface area contributed by atoms with Gasteiger partial charge in [0.2, 0.25) is 5.91 Å². The van der Waals surface area contributed by atoms with Crippen LogP contribution in [0.4, 0.5) is 5.69 Å². The number of aliphatic hydroxyl groups is 1. The maximum absolute atomic E-state index is 11.9. The summed E-state index contributed by atoms with van der Waals surface area (Å²) in [6.07, 6.45) is 0. The summed E-state index contributed by atoms with van der Waals surface area (Å²) >= 11 is 5.86. The largest absolute Gasteiger partial charge is 0.392 e. The zero-order valence-electron chi connectivity index (χ0n) is 10.5. The smallest absolute Gasteiger partial charge is 0.229 e. The number of anilines is 1. The van der Waals surface area contributed by atoms with Crippen molar-refractivity contribution in [2.45, 2.75) is 27.4 Å². The number of carbonyl (C=O) groups is 1. The zero-order valence-corrected chi connectivity index (χ0v) is 11.3. The molecule has 0 spiro atoms. The van der Waals surface area contributed by atoms with Crippen LogP contribution in [0.5, 0.6) is 0 Å². The van der Waals surface area contributed by atoms with E-state index in [1.165, 1.54) is 12.1 Å². The van der Waals surface area contributed by atoms with Crippen LogP contribution in [0, 0.1) is 16.7 Å². The maximum atomic E-state index is 11.9. The standard InChI is InChI=1S/C13H15ClN2O2/c1-13(2,3)12(18)16-11-5-8(6-15)10(14)4-9(11)7-17/h4-5,17H,7H2,1-3H3,(H,16,18). The normalized spacial score (nSPS) is 10.9. The third-order valence-electron chi connectivity index (χ3n) is 2.41. The third kappa shape index (κ3) is 3.22. The van der Waals surface area contributed by atoms with Crippen LogP contribution in [-0.2, 0) is 11.4 Å². The number of halogens is 1. The Kier molecular flexibility index (Phi) is 4.33. The Morgan fingerprint density at radius 1 is 1.50 bits per heavy atom. The molecule has 1 rings (SSSR count). The van der Waals surface area contributed by atoms with Crippen molar-refractivity contribution in [2.75, 3.05) is 5.32 Å². The first-order valence-electron chi connectivity index (χ1n) is 5.44. The Bertz CT molecular complexity index is 513. The second-order valence-corrected chi connectivity index (χ2v) is 5.37. The number of nitrogens with zero attached hydrogens (tertiary/aromatic N) is 1. The van der Waals surface area contributed by atoms with E-state index in [2.05, 4.69) is 5.32 Å². The molecule has 0 unspecified atom stereocenters. The number of benzene rings is 1. The molecule has 0 aliphatic rings. The lowest BCUT2D eigenvalue weighted by Gasteiger charge is -2.19. The highest BCUT2D eigenvalue weighted by Gasteiger charge is 2.22. The lowest BCUT2D eigenvalue weighted by atomic mass is 9.95. The van der Waals surface area contributed by atoms with Gasteiger partial charge in [-0.15, -0.1) is 0 Å². The number of hydrogen-bond donors (Lipinski definition) is 2. The molecule has 0 aliphatic heterocycles. The quantitative estimate of drug-likeness (QED) is 0.864. The highest BCUT2D eigenvalue weighted by Crippen LogP contribution is 2.26. The molecule has 0 heterocycles. The molecule has 0 fully saturated rings. The topological polar surface area (TPSA) is 73.1 Å². The van der Waals surface area contributed by atoms with Crippen molar-refractivity contribution < 1.29 is 9.90 Å². The molecule has 96 valence electrons. The highest BCUT2D eigenvalue weighted by molar-refractivity contribution is 6.32. The Morgan fingerprint density at radius 2 is 2.11 bits per heavy atom. The van der Waals surface area contributed by atoms with Gasteiger partial charge in [0, 0.05) is 16.7 Å². The molecule has 2 N–H and O–H groups in total. The molecule has 0 radical (unpaired) electrons. The first-order valence-corrected chi connectivity index (χ1v) is 5.82. The van der Waals surface area contributed by atoms with Gasteiger partial charge in [0.05, 0.1) is 17.2 Å². The zero-order chi connectivity index (χ0) is 13.9. The molecule has 1 aromatic rings. The van der Waals surface area contributed by atoms with Gasteiger partial charge in [-0.2, -0.15) is 5.26 Å². The molecule has 0 bridgehead atoms. The van der Waals surface area contributed by atoms with E-state index in [1.54, 1.807) is 20.8 Å². The summed E-state index contributed by atoms with van der Waals surface area (Å²) in [6, 6.07) is 4.89. The number of nitrogens with one attached hydrogen (secondary N) is 1. The van der Waals surface area contributed by atoms with Crippen molar-refractivity contribution in [3.8, 4) is 6.07 Å². The van der Waals surface area contributed by atoms with E-state index in [-0.39, 0.29) is 23.1 Å². The lowest BCUT2D eigenvalue weighted by molar-refractivity contribution is -0.123. The Morgan fingerprint density at radius 3 is 2.56 bits per heavy atom. The Labute approximate surface area is 111 Å². The van der Waals surface area contributed by atoms with Gasteiger partial charge in [-0.3, -0.25) is 4.79 Å². The summed E-state index contributed by atoms with van der Waals surface area (Å²) in [6.45, 7) is 5.08. The number of hydrogen-bond acceptors (Lipinski definition) is 3. The molecule has 5 heteroatoms. The predicted octanol–water partition coefficient (Wildman–Crippen LogP) is 2.69. The second kappa shape index (κ2) is 5.38. The van der Waals surface area contributed by atoms with E-state index < -0.39 is 5.41 Å². The van der Waals surface area contributed by atoms with Crippen LogP contribution >= 0.6 is 11.6 Å². The minimum absolute atomic E-state index is 0.191. The molecule has 1 aromatic carbocycles. The van der Waals surface area contributed by atoms with Crippen molar-refractivity contribution in [3.05, 3.63) is 28.3 Å². The number of amides is 1. The van der Waals surface area contributed by atoms with E-state index in [1.807, 2.05) is 6.07 Å². The van der Waals surface area contributed by atoms with Crippen molar-refractivity contribution in [2.24, 2.45) is 5.41 Å². The summed E-state index contributed by atoms with van der Waals surface area (Å²) in [7, 11) is 0. The van der Waals surface area contributed by atoms with Gasteiger partial charge in [0.25, 0.3) is 0 Å². The van der Waals surface area contributed by atoms with Crippen LogP contribution in [-0.4, -0.2) is 11.0 Å². The molecule has 0 saturated heterocycles. The monoisotopic (exact) mass is 266 g/mol. The summed E-state index contributed by atoms with van der Waals surface area (Å²) < 4.78 is 0. The van der Waals surface area contributed by atoms with Crippen LogP contribution in [0.25, 0.3) is 0 Å². The second-order valence-electron chi connectivity index (χ2n) is 4.96. The lowest BCUT2D eigenvalue weighted by Crippen LogP contribution is -2.28. The van der Waals surface area contributed by atoms with Crippen molar-refractivity contribution in [3.63, 3.8) is 0 Å². The van der Waals surface area contributed by atoms with Gasteiger partial charge in [0.15, 0.2) is 0 Å². The minimum atomic E-state index is -0.556. The first-order chi connectivity index (χ1) is 8.29. The van der Waals surface area contributed by atoms with E-state index in [9.17, 15) is 9.90 Å². The van der Waals surface area contributed by atoms with Crippen LogP contribution in [0.15, 0.2) is 12.1 Å². The molecular formula is C13H15ClN2O2. The molecular weight excluding hydrogens is 252 g/mol. The summed E-state index contributed by atoms with van der Waals surface area (Å²) in [5.41, 5.74) is 0.604. The predicted molar refractivity (Wildman–Crippen MR) is 70.2 cm³/mol. The molecule has 1 amide bonds. The van der Waals surface area contributed by atoms with Crippen LogP contribution < -0.4 is 5.32 Å². The van der Waals surface area contributed by atoms with E-state index in [4.69, 9.17) is 16.9 Å². The molecule has 0 aliphatic carbocycles. The summed E-state index contributed by atoms with van der Waals surface area (Å²) in [4.78, 5) is 11.9. The number of carbonyl (C=O) groups excluding carboxylic acids is 1. The van der Waals surface area contributed by atoms with Crippen LogP contribution in [0.1, 0.15) is 31.9 Å². The van der Waals surface area contributed by atoms with E-state index in [0.29, 0.717) is 11.3 Å². The van der Waals surface area contributed by atoms with Crippen LogP contribution in [0.3, 0.4) is 0 Å². The number of aliphatic hydroxyl groups excluding tert-OH is 1. The fraction of sp³-hybridized carbons (Fsp3) is 0.385. The number of rotatable bonds is 2. The van der Waals surface area contributed by atoms with Crippen molar-refractivity contribution in [1.29, 1.82) is 5.26 Å². The highest BCUT2D eigenvalue weighted by atomic mass is 35.5. The minimum Gasteiger partial charge on any atom is -0.392 e.